The molecule has 0 aromatic heterocycles. The zero-order valence-corrected chi connectivity index (χ0v) is 20.8. The molecule has 0 saturated carbocycles. The van der Waals surface area contributed by atoms with Gasteiger partial charge in [-0.3, -0.25) is 14.5 Å². The molecule has 0 spiro atoms. The van der Waals surface area contributed by atoms with E-state index in [2.05, 4.69) is 0 Å². The summed E-state index contributed by atoms with van der Waals surface area (Å²) in [6, 6.07) is 17.3. The maximum absolute atomic E-state index is 13.9. The molecule has 0 aliphatic carbocycles. The molecule has 35 heavy (non-hydrogen) atoms. The highest BCUT2D eigenvalue weighted by molar-refractivity contribution is 8.18. The number of hydrogen-bond donors (Lipinski definition) is 0. The molecule has 1 heterocycles. The third-order valence-corrected chi connectivity index (χ3v) is 6.67. The van der Waals surface area contributed by atoms with Crippen molar-refractivity contribution in [2.45, 2.75) is 20.5 Å². The van der Waals surface area contributed by atoms with Gasteiger partial charge >= 0.3 is 0 Å². The van der Waals surface area contributed by atoms with Crippen LogP contribution in [0.1, 0.15) is 22.3 Å². The number of halogens is 2. The Balaban J connectivity index is 1.35. The van der Waals surface area contributed by atoms with Crippen LogP contribution in [-0.4, -0.2) is 29.2 Å². The standard InChI is InChI=1S/C27H23ClFNO4S/c1-17-6-7-18(2)24(14-17)33-13-12-30-26(31)25(35-27(30)32)15-19-8-10-20(11-9-19)34-16-21-22(28)4-3-5-23(21)29/h3-11,14-15H,12-13,16H2,1-2H3/b25-15-. The molecule has 2 amide bonds. The number of thioether (sulfide) groups is 1. The number of aryl methyl sites for hydroxylation is 2. The summed E-state index contributed by atoms with van der Waals surface area (Å²) in [6.45, 7) is 4.30. The van der Waals surface area contributed by atoms with Crippen LogP contribution in [0.4, 0.5) is 9.18 Å². The summed E-state index contributed by atoms with van der Waals surface area (Å²) in [5.41, 5.74) is 3.09. The minimum Gasteiger partial charge on any atom is -0.491 e. The summed E-state index contributed by atoms with van der Waals surface area (Å²) < 4.78 is 25.3. The third-order valence-electron chi connectivity index (χ3n) is 5.41. The third kappa shape index (κ3) is 6.05. The number of nitrogens with zero attached hydrogens (tertiary/aromatic N) is 1. The molecule has 0 radical (unpaired) electrons. The van der Waals surface area contributed by atoms with Crippen molar-refractivity contribution in [2.24, 2.45) is 0 Å². The predicted octanol–water partition coefficient (Wildman–Crippen LogP) is 6.79. The van der Waals surface area contributed by atoms with Crippen molar-refractivity contribution in [3.05, 3.63) is 98.7 Å². The highest BCUT2D eigenvalue weighted by atomic mass is 35.5. The highest BCUT2D eigenvalue weighted by Gasteiger charge is 2.34. The van der Waals surface area contributed by atoms with Gasteiger partial charge in [0.2, 0.25) is 0 Å². The number of ether oxygens (including phenoxy) is 2. The zero-order chi connectivity index (χ0) is 24.9. The van der Waals surface area contributed by atoms with Gasteiger partial charge in [0.05, 0.1) is 16.5 Å². The molecule has 1 aliphatic heterocycles. The summed E-state index contributed by atoms with van der Waals surface area (Å²) >= 11 is 6.93. The molecule has 1 fully saturated rings. The van der Waals surface area contributed by atoms with Crippen LogP contribution in [0, 0.1) is 19.7 Å². The zero-order valence-electron chi connectivity index (χ0n) is 19.2. The van der Waals surface area contributed by atoms with Gasteiger partial charge in [-0.1, -0.05) is 41.9 Å². The molecule has 3 aromatic carbocycles. The van der Waals surface area contributed by atoms with Crippen LogP contribution in [0.5, 0.6) is 11.5 Å². The number of imide groups is 1. The van der Waals surface area contributed by atoms with E-state index >= 15 is 0 Å². The summed E-state index contributed by atoms with van der Waals surface area (Å²) in [7, 11) is 0. The van der Waals surface area contributed by atoms with E-state index in [-0.39, 0.29) is 36.5 Å². The van der Waals surface area contributed by atoms with Crippen LogP contribution in [0.2, 0.25) is 5.02 Å². The Morgan fingerprint density at radius 1 is 1.03 bits per heavy atom. The number of amides is 2. The molecule has 1 aliphatic rings. The van der Waals surface area contributed by atoms with Crippen LogP contribution >= 0.6 is 23.4 Å². The fourth-order valence-electron chi connectivity index (χ4n) is 3.44. The second kappa shape index (κ2) is 11.0. The molecule has 180 valence electrons. The average molecular weight is 512 g/mol. The van der Waals surface area contributed by atoms with Crippen LogP contribution in [0.25, 0.3) is 6.08 Å². The molecule has 0 unspecified atom stereocenters. The number of carbonyl (C=O) groups excluding carboxylic acids is 2. The molecule has 5 nitrogen and oxygen atoms in total. The van der Waals surface area contributed by atoms with E-state index in [9.17, 15) is 14.0 Å². The molecular weight excluding hydrogens is 489 g/mol. The molecule has 0 N–H and O–H groups in total. The van der Waals surface area contributed by atoms with Gasteiger partial charge in [-0.05, 0) is 78.7 Å². The van der Waals surface area contributed by atoms with Crippen molar-refractivity contribution in [3.63, 3.8) is 0 Å². The van der Waals surface area contributed by atoms with E-state index in [1.165, 1.54) is 17.0 Å². The van der Waals surface area contributed by atoms with Crippen molar-refractivity contribution in [3.8, 4) is 11.5 Å². The lowest BCUT2D eigenvalue weighted by atomic mass is 10.1. The van der Waals surface area contributed by atoms with Crippen molar-refractivity contribution in [2.75, 3.05) is 13.2 Å². The average Bonchev–Trinajstić information content (AvgIpc) is 3.09. The number of benzene rings is 3. The first-order valence-electron chi connectivity index (χ1n) is 10.9. The maximum Gasteiger partial charge on any atom is 0.293 e. The van der Waals surface area contributed by atoms with Crippen molar-refractivity contribution >= 4 is 40.6 Å². The van der Waals surface area contributed by atoms with Gasteiger partial charge in [-0.15, -0.1) is 0 Å². The number of rotatable bonds is 8. The van der Waals surface area contributed by atoms with Gasteiger partial charge in [0, 0.05) is 5.56 Å². The molecule has 4 rings (SSSR count). The van der Waals surface area contributed by atoms with Crippen LogP contribution in [0.3, 0.4) is 0 Å². The second-order valence-electron chi connectivity index (χ2n) is 8.01. The van der Waals surface area contributed by atoms with E-state index < -0.39 is 5.82 Å². The van der Waals surface area contributed by atoms with E-state index in [0.717, 1.165) is 34.2 Å². The van der Waals surface area contributed by atoms with Crippen LogP contribution in [-0.2, 0) is 11.4 Å². The monoisotopic (exact) mass is 511 g/mol. The van der Waals surface area contributed by atoms with E-state index in [1.54, 1.807) is 36.4 Å². The minimum absolute atomic E-state index is 0.00606. The first-order valence-corrected chi connectivity index (χ1v) is 12.1. The molecule has 3 aromatic rings. The van der Waals surface area contributed by atoms with Gasteiger partial charge in [-0.2, -0.15) is 0 Å². The minimum atomic E-state index is -0.427. The molecular formula is C27H23ClFNO4S. The first-order chi connectivity index (χ1) is 16.8. The smallest absolute Gasteiger partial charge is 0.293 e. The van der Waals surface area contributed by atoms with Crippen molar-refractivity contribution in [1.29, 1.82) is 0 Å². The summed E-state index contributed by atoms with van der Waals surface area (Å²) in [5.74, 6) is 0.494. The molecule has 0 bridgehead atoms. The molecule has 8 heteroatoms. The topological polar surface area (TPSA) is 55.8 Å². The van der Waals surface area contributed by atoms with Gasteiger partial charge in [0.15, 0.2) is 0 Å². The lowest BCUT2D eigenvalue weighted by molar-refractivity contribution is -0.123. The Labute approximate surface area is 212 Å². The summed E-state index contributed by atoms with van der Waals surface area (Å²) in [6.07, 6.45) is 1.66. The Morgan fingerprint density at radius 3 is 2.54 bits per heavy atom. The predicted molar refractivity (Wildman–Crippen MR) is 136 cm³/mol. The Kier molecular flexibility index (Phi) is 7.78. The van der Waals surface area contributed by atoms with Crippen LogP contribution in [0.15, 0.2) is 65.6 Å². The van der Waals surface area contributed by atoms with E-state index in [0.29, 0.717) is 15.7 Å². The number of hydrogen-bond acceptors (Lipinski definition) is 5. The number of carbonyl (C=O) groups is 2. The van der Waals surface area contributed by atoms with Crippen molar-refractivity contribution < 1.29 is 23.5 Å². The van der Waals surface area contributed by atoms with Gasteiger partial charge in [0.25, 0.3) is 11.1 Å². The second-order valence-corrected chi connectivity index (χ2v) is 9.41. The normalized spacial score (nSPS) is 14.6. The van der Waals surface area contributed by atoms with E-state index in [1.807, 2.05) is 32.0 Å². The van der Waals surface area contributed by atoms with Gasteiger partial charge in [-0.25, -0.2) is 4.39 Å². The lowest BCUT2D eigenvalue weighted by Gasteiger charge is -2.14. The summed E-state index contributed by atoms with van der Waals surface area (Å²) in [5, 5.41) is -0.0238. The van der Waals surface area contributed by atoms with E-state index in [4.69, 9.17) is 21.1 Å². The van der Waals surface area contributed by atoms with Gasteiger partial charge in [0.1, 0.15) is 30.5 Å². The summed E-state index contributed by atoms with van der Waals surface area (Å²) in [4.78, 5) is 26.7. The first kappa shape index (κ1) is 24.8. The maximum atomic E-state index is 13.9. The lowest BCUT2D eigenvalue weighted by Crippen LogP contribution is -2.32. The highest BCUT2D eigenvalue weighted by Crippen LogP contribution is 2.32. The van der Waals surface area contributed by atoms with Crippen LogP contribution < -0.4 is 9.47 Å². The van der Waals surface area contributed by atoms with Gasteiger partial charge < -0.3 is 9.47 Å². The Morgan fingerprint density at radius 2 is 1.80 bits per heavy atom. The fourth-order valence-corrected chi connectivity index (χ4v) is 4.52. The van der Waals surface area contributed by atoms with Crippen molar-refractivity contribution in [1.82, 2.24) is 4.90 Å². The molecule has 1 saturated heterocycles. The largest absolute Gasteiger partial charge is 0.491 e. The SMILES string of the molecule is Cc1ccc(C)c(OCCN2C(=O)S/C(=C\c3ccc(OCc4c(F)cccc4Cl)cc3)C2=O)c1. The molecule has 0 atom stereocenters. The fraction of sp³-hybridized carbons (Fsp3) is 0.185. The quantitative estimate of drug-likeness (QED) is 0.312. The Bertz CT molecular complexity index is 1270. The Hall–Kier alpha value is -3.29.